The Balaban J connectivity index is 1.97. The van der Waals surface area contributed by atoms with Crippen LogP contribution in [0.5, 0.6) is 0 Å². The number of hydrogen-bond acceptors (Lipinski definition) is 6. The predicted octanol–water partition coefficient (Wildman–Crippen LogP) is 1.84. The van der Waals surface area contributed by atoms with Gasteiger partial charge in [0.2, 0.25) is 0 Å². The monoisotopic (exact) mass is 469 g/mol. The Kier molecular flexibility index (Phi) is 6.81. The second-order valence-corrected chi connectivity index (χ2v) is 11.2. The Morgan fingerprint density at radius 1 is 0.647 bits per heavy atom. The van der Waals surface area contributed by atoms with Gasteiger partial charge in [0.05, 0.1) is 22.4 Å². The Morgan fingerprint density at radius 3 is 1.26 bits per heavy atom. The van der Waals surface area contributed by atoms with E-state index in [9.17, 15) is 20.3 Å². The van der Waals surface area contributed by atoms with Crippen molar-refractivity contribution >= 4 is 47.0 Å². The molecular formula is C25H37B2NO6. The average Bonchev–Trinajstić information content (AvgIpc) is 2.97. The van der Waals surface area contributed by atoms with Crippen molar-refractivity contribution in [2.24, 2.45) is 7.05 Å². The molecule has 0 aliphatic rings. The smallest absolute Gasteiger partial charge is 0.423 e. The van der Waals surface area contributed by atoms with Crippen molar-refractivity contribution < 1.29 is 29.6 Å². The highest BCUT2D eigenvalue weighted by molar-refractivity contribution is 6.61. The van der Waals surface area contributed by atoms with Gasteiger partial charge in [-0.05, 0) is 78.4 Å². The molecule has 0 saturated carbocycles. The van der Waals surface area contributed by atoms with Crippen molar-refractivity contribution in [3.05, 3.63) is 36.4 Å². The van der Waals surface area contributed by atoms with Gasteiger partial charge in [-0.15, -0.1) is 0 Å². The topological polar surface area (TPSA) is 104 Å². The summed E-state index contributed by atoms with van der Waals surface area (Å²) >= 11 is 0. The third-order valence-electron chi connectivity index (χ3n) is 7.39. The van der Waals surface area contributed by atoms with Crippen LogP contribution in [0.4, 0.5) is 0 Å². The Labute approximate surface area is 202 Å². The summed E-state index contributed by atoms with van der Waals surface area (Å²) in [5.74, 6) is 0. The maximum Gasteiger partial charge on any atom is 0.491 e. The van der Waals surface area contributed by atoms with Crippen LogP contribution in [-0.4, -0.2) is 61.5 Å². The van der Waals surface area contributed by atoms with E-state index in [1.54, 1.807) is 55.4 Å². The summed E-state index contributed by atoms with van der Waals surface area (Å²) in [5.41, 5.74) is -1.29. The standard InChI is InChI=1S/C25H37B2NO6/c1-22(2,29)24(5,6)33-26(31)16-10-12-18-19-13-11-17(15-21(19)28(9)20(18)14-16)27(32)34-25(7,8)23(3,4)30/h10-15,29-32H,1-9H3. The lowest BCUT2D eigenvalue weighted by molar-refractivity contribution is -0.0982. The number of aromatic nitrogens is 1. The van der Waals surface area contributed by atoms with E-state index in [0.717, 1.165) is 21.8 Å². The van der Waals surface area contributed by atoms with E-state index in [1.807, 2.05) is 48.0 Å². The Bertz CT molecular complexity index is 1100. The zero-order valence-electron chi connectivity index (χ0n) is 21.7. The van der Waals surface area contributed by atoms with Crippen LogP contribution in [0.1, 0.15) is 55.4 Å². The largest absolute Gasteiger partial charge is 0.491 e. The highest BCUT2D eigenvalue weighted by atomic mass is 16.6. The van der Waals surface area contributed by atoms with Gasteiger partial charge < -0.3 is 34.1 Å². The maximum atomic E-state index is 10.7. The first-order chi connectivity index (χ1) is 15.4. The molecule has 1 heterocycles. The van der Waals surface area contributed by atoms with Gasteiger partial charge >= 0.3 is 14.2 Å². The number of hydrogen-bond donors (Lipinski definition) is 4. The van der Waals surface area contributed by atoms with Crippen molar-refractivity contribution in [3.8, 4) is 0 Å². The molecule has 0 radical (unpaired) electrons. The minimum atomic E-state index is -1.21. The molecule has 4 N–H and O–H groups in total. The first-order valence-corrected chi connectivity index (χ1v) is 11.5. The molecule has 7 nitrogen and oxygen atoms in total. The molecule has 3 rings (SSSR count). The minimum Gasteiger partial charge on any atom is -0.423 e. The molecule has 184 valence electrons. The number of aliphatic hydroxyl groups is 2. The fourth-order valence-electron chi connectivity index (χ4n) is 3.53. The van der Waals surface area contributed by atoms with Crippen LogP contribution in [0.2, 0.25) is 0 Å². The third kappa shape index (κ3) is 4.91. The summed E-state index contributed by atoms with van der Waals surface area (Å²) in [6.07, 6.45) is 0. The zero-order chi connectivity index (χ0) is 25.9. The summed E-state index contributed by atoms with van der Waals surface area (Å²) in [4.78, 5) is 0. The molecule has 0 bridgehead atoms. The minimum absolute atomic E-state index is 0.575. The molecule has 0 atom stereocenters. The van der Waals surface area contributed by atoms with Crippen molar-refractivity contribution in [2.75, 3.05) is 0 Å². The number of benzene rings is 2. The molecule has 0 spiro atoms. The molecule has 3 aromatic rings. The average molecular weight is 469 g/mol. The van der Waals surface area contributed by atoms with Crippen molar-refractivity contribution in [1.82, 2.24) is 4.57 Å². The van der Waals surface area contributed by atoms with E-state index in [-0.39, 0.29) is 0 Å². The molecule has 0 aliphatic heterocycles. The van der Waals surface area contributed by atoms with Crippen LogP contribution in [0.25, 0.3) is 21.8 Å². The van der Waals surface area contributed by atoms with E-state index in [1.165, 1.54) is 0 Å². The molecule has 0 fully saturated rings. The van der Waals surface area contributed by atoms with Crippen LogP contribution in [0.15, 0.2) is 36.4 Å². The second-order valence-electron chi connectivity index (χ2n) is 11.2. The van der Waals surface area contributed by atoms with Gasteiger partial charge in [0.15, 0.2) is 0 Å². The van der Waals surface area contributed by atoms with Crippen LogP contribution in [0, 0.1) is 0 Å². The van der Waals surface area contributed by atoms with E-state index in [0.29, 0.717) is 10.9 Å². The van der Waals surface area contributed by atoms with Crippen molar-refractivity contribution in [3.63, 3.8) is 0 Å². The number of nitrogens with zero attached hydrogens (tertiary/aromatic N) is 1. The summed E-state index contributed by atoms with van der Waals surface area (Å²) in [5, 5.41) is 44.1. The maximum absolute atomic E-state index is 10.7. The molecular weight excluding hydrogens is 432 g/mol. The van der Waals surface area contributed by atoms with Gasteiger partial charge in [-0.25, -0.2) is 0 Å². The zero-order valence-corrected chi connectivity index (χ0v) is 21.7. The lowest BCUT2D eigenvalue weighted by Crippen LogP contribution is -2.53. The predicted molar refractivity (Wildman–Crippen MR) is 139 cm³/mol. The van der Waals surface area contributed by atoms with Gasteiger partial charge in [0, 0.05) is 28.9 Å². The summed E-state index contributed by atoms with van der Waals surface area (Å²) in [7, 11) is -0.502. The summed E-state index contributed by atoms with van der Waals surface area (Å²) in [6.45, 7) is 13.5. The van der Waals surface area contributed by atoms with E-state index in [4.69, 9.17) is 9.31 Å². The van der Waals surface area contributed by atoms with Crippen molar-refractivity contribution in [2.45, 2.75) is 77.8 Å². The number of rotatable bonds is 8. The number of fused-ring (bicyclic) bond motifs is 3. The lowest BCUT2D eigenvalue weighted by Gasteiger charge is -2.38. The summed E-state index contributed by atoms with van der Waals surface area (Å²) < 4.78 is 13.6. The van der Waals surface area contributed by atoms with Gasteiger partial charge in [0.25, 0.3) is 0 Å². The van der Waals surface area contributed by atoms with Crippen LogP contribution >= 0.6 is 0 Å². The molecule has 1 aromatic heterocycles. The third-order valence-corrected chi connectivity index (χ3v) is 7.39. The fraction of sp³-hybridized carbons (Fsp3) is 0.520. The van der Waals surface area contributed by atoms with Gasteiger partial charge in [-0.2, -0.15) is 0 Å². The molecule has 0 unspecified atom stereocenters. The van der Waals surface area contributed by atoms with Gasteiger partial charge in [0.1, 0.15) is 0 Å². The molecule has 9 heteroatoms. The van der Waals surface area contributed by atoms with Gasteiger partial charge in [-0.1, -0.05) is 24.3 Å². The quantitative estimate of drug-likeness (QED) is 0.376. The molecule has 0 aliphatic carbocycles. The van der Waals surface area contributed by atoms with Crippen LogP contribution in [-0.2, 0) is 16.4 Å². The molecule has 0 saturated heterocycles. The summed E-state index contributed by atoms with van der Waals surface area (Å²) in [6, 6.07) is 11.2. The fourth-order valence-corrected chi connectivity index (χ4v) is 3.53. The van der Waals surface area contributed by atoms with E-state index < -0.39 is 36.6 Å². The SMILES string of the molecule is Cn1c2cc(B(O)OC(C)(C)C(C)(C)O)ccc2c2ccc(B(O)OC(C)(C)C(C)(C)O)cc21. The van der Waals surface area contributed by atoms with Crippen molar-refractivity contribution in [1.29, 1.82) is 0 Å². The highest BCUT2D eigenvalue weighted by Gasteiger charge is 2.40. The lowest BCUT2D eigenvalue weighted by atomic mass is 9.76. The first-order valence-electron chi connectivity index (χ1n) is 11.5. The second kappa shape index (κ2) is 8.66. The molecule has 0 amide bonds. The van der Waals surface area contributed by atoms with E-state index in [2.05, 4.69) is 0 Å². The van der Waals surface area contributed by atoms with Crippen LogP contribution < -0.4 is 10.9 Å². The Morgan fingerprint density at radius 2 is 0.971 bits per heavy atom. The van der Waals surface area contributed by atoms with Crippen LogP contribution in [0.3, 0.4) is 0 Å². The normalized spacial score (nSPS) is 13.7. The molecule has 34 heavy (non-hydrogen) atoms. The Hall–Kier alpha value is -1.87. The van der Waals surface area contributed by atoms with Gasteiger partial charge in [-0.3, -0.25) is 0 Å². The number of aryl methyl sites for hydroxylation is 1. The molecule has 2 aromatic carbocycles. The highest BCUT2D eigenvalue weighted by Crippen LogP contribution is 2.29. The van der Waals surface area contributed by atoms with E-state index >= 15 is 0 Å². The first kappa shape index (κ1) is 26.7.